The van der Waals surface area contributed by atoms with E-state index >= 15 is 0 Å². The van der Waals surface area contributed by atoms with Crippen molar-refractivity contribution in [2.45, 2.75) is 45.2 Å². The van der Waals surface area contributed by atoms with Gasteiger partial charge in [-0.2, -0.15) is 0 Å². The maximum absolute atomic E-state index is 11.9. The van der Waals surface area contributed by atoms with Crippen molar-refractivity contribution in [1.82, 2.24) is 9.62 Å². The van der Waals surface area contributed by atoms with Crippen LogP contribution in [-0.4, -0.2) is 50.1 Å². The molecule has 0 saturated carbocycles. The van der Waals surface area contributed by atoms with Gasteiger partial charge in [0, 0.05) is 19.1 Å². The molecule has 0 spiro atoms. The van der Waals surface area contributed by atoms with E-state index in [-0.39, 0.29) is 17.9 Å². The van der Waals surface area contributed by atoms with Crippen molar-refractivity contribution in [2.24, 2.45) is 11.7 Å². The molecular formula is C12H25N3O3S. The highest BCUT2D eigenvalue weighted by Crippen LogP contribution is 2.14. The second-order valence-corrected chi connectivity index (χ2v) is 7.34. The lowest BCUT2D eigenvalue weighted by Gasteiger charge is -2.31. The first-order chi connectivity index (χ1) is 8.75. The van der Waals surface area contributed by atoms with Crippen LogP contribution < -0.4 is 11.1 Å². The molecule has 0 radical (unpaired) electrons. The maximum Gasteiger partial charge on any atom is 0.237 e. The van der Waals surface area contributed by atoms with Crippen molar-refractivity contribution < 1.29 is 13.2 Å². The Balaban J connectivity index is 2.43. The molecule has 1 aliphatic rings. The van der Waals surface area contributed by atoms with Gasteiger partial charge >= 0.3 is 0 Å². The van der Waals surface area contributed by atoms with Gasteiger partial charge in [0.05, 0.1) is 12.3 Å². The van der Waals surface area contributed by atoms with E-state index in [0.717, 1.165) is 6.42 Å². The van der Waals surface area contributed by atoms with Gasteiger partial charge in [0.1, 0.15) is 0 Å². The number of nitrogens with one attached hydrogen (secondary N) is 1. The Morgan fingerprint density at radius 2 is 1.95 bits per heavy atom. The standard InChI is InChI=1S/C12H25N3O3S/c1-4-9(2)11(13)12(16)14-10-5-7-15(8-6-10)19(3,17)18/h9-11H,4-8,13H2,1-3H3,(H,14,16)/t9-,11-/m0/s1. The van der Waals surface area contributed by atoms with Crippen LogP contribution in [0.15, 0.2) is 0 Å². The summed E-state index contributed by atoms with van der Waals surface area (Å²) in [4.78, 5) is 11.9. The number of carbonyl (C=O) groups excluding carboxylic acids is 1. The monoisotopic (exact) mass is 291 g/mol. The van der Waals surface area contributed by atoms with Gasteiger partial charge in [0.15, 0.2) is 0 Å². The van der Waals surface area contributed by atoms with Gasteiger partial charge in [-0.05, 0) is 18.8 Å². The summed E-state index contributed by atoms with van der Waals surface area (Å²) in [6.45, 7) is 4.88. The smallest absolute Gasteiger partial charge is 0.237 e. The van der Waals surface area contributed by atoms with Crippen molar-refractivity contribution >= 4 is 15.9 Å². The van der Waals surface area contributed by atoms with Gasteiger partial charge in [0.25, 0.3) is 0 Å². The molecule has 2 atom stereocenters. The summed E-state index contributed by atoms with van der Waals surface area (Å²) in [6, 6.07) is -0.460. The maximum atomic E-state index is 11.9. The van der Waals surface area contributed by atoms with Crippen LogP contribution in [-0.2, 0) is 14.8 Å². The van der Waals surface area contributed by atoms with Crippen LogP contribution in [0.3, 0.4) is 0 Å². The quantitative estimate of drug-likeness (QED) is 0.740. The molecular weight excluding hydrogens is 266 g/mol. The molecule has 0 aromatic rings. The summed E-state index contributed by atoms with van der Waals surface area (Å²) in [5, 5.41) is 2.92. The molecule has 0 unspecified atom stereocenters. The average molecular weight is 291 g/mol. The van der Waals surface area contributed by atoms with E-state index in [1.807, 2.05) is 13.8 Å². The summed E-state index contributed by atoms with van der Waals surface area (Å²) < 4.78 is 24.2. The number of nitrogens with two attached hydrogens (primary N) is 1. The van der Waals surface area contributed by atoms with Crippen molar-refractivity contribution in [1.29, 1.82) is 0 Å². The molecule has 3 N–H and O–H groups in total. The predicted molar refractivity (Wildman–Crippen MR) is 75.0 cm³/mol. The van der Waals surface area contributed by atoms with Crippen LogP contribution in [0.5, 0.6) is 0 Å². The molecule has 6 nitrogen and oxygen atoms in total. The number of hydrogen-bond acceptors (Lipinski definition) is 4. The number of amides is 1. The molecule has 1 amide bonds. The molecule has 0 aromatic heterocycles. The molecule has 19 heavy (non-hydrogen) atoms. The van der Waals surface area contributed by atoms with Gasteiger partial charge in [-0.3, -0.25) is 4.79 Å². The minimum Gasteiger partial charge on any atom is -0.352 e. The summed E-state index contributed by atoms with van der Waals surface area (Å²) in [5.74, 6) is 0.0169. The minimum atomic E-state index is -3.12. The van der Waals surface area contributed by atoms with Crippen LogP contribution >= 0.6 is 0 Å². The Morgan fingerprint density at radius 3 is 2.37 bits per heavy atom. The Kier molecular flexibility index (Phi) is 5.76. The first kappa shape index (κ1) is 16.4. The van der Waals surface area contributed by atoms with E-state index in [1.54, 1.807) is 0 Å². The molecule has 0 bridgehead atoms. The minimum absolute atomic E-state index is 0.0283. The summed E-state index contributed by atoms with van der Waals surface area (Å²) in [7, 11) is -3.12. The van der Waals surface area contributed by atoms with Crippen LogP contribution in [0.2, 0.25) is 0 Å². The van der Waals surface area contributed by atoms with E-state index in [9.17, 15) is 13.2 Å². The third-order valence-corrected chi connectivity index (χ3v) is 5.13. The van der Waals surface area contributed by atoms with Crippen molar-refractivity contribution in [3.63, 3.8) is 0 Å². The molecule has 0 aliphatic carbocycles. The molecule has 0 aromatic carbocycles. The Bertz CT molecular complexity index is 402. The first-order valence-corrected chi connectivity index (χ1v) is 8.61. The first-order valence-electron chi connectivity index (χ1n) is 6.76. The number of carbonyl (C=O) groups is 1. The molecule has 1 aliphatic heterocycles. The van der Waals surface area contributed by atoms with Crippen LogP contribution in [0.25, 0.3) is 0 Å². The lowest BCUT2D eigenvalue weighted by atomic mass is 9.98. The van der Waals surface area contributed by atoms with Gasteiger partial charge in [-0.25, -0.2) is 12.7 Å². The largest absolute Gasteiger partial charge is 0.352 e. The number of hydrogen-bond donors (Lipinski definition) is 2. The highest BCUT2D eigenvalue weighted by Gasteiger charge is 2.27. The zero-order chi connectivity index (χ0) is 14.6. The fourth-order valence-corrected chi connectivity index (χ4v) is 3.02. The third-order valence-electron chi connectivity index (χ3n) is 3.83. The fourth-order valence-electron chi connectivity index (χ4n) is 2.14. The van der Waals surface area contributed by atoms with Crippen LogP contribution in [0.4, 0.5) is 0 Å². The lowest BCUT2D eigenvalue weighted by molar-refractivity contribution is -0.124. The van der Waals surface area contributed by atoms with E-state index in [0.29, 0.717) is 25.9 Å². The molecule has 1 rings (SSSR count). The zero-order valence-corrected chi connectivity index (χ0v) is 12.7. The van der Waals surface area contributed by atoms with Gasteiger partial charge in [0.2, 0.25) is 15.9 Å². The topological polar surface area (TPSA) is 92.5 Å². The second kappa shape index (κ2) is 6.67. The normalized spacial score (nSPS) is 21.9. The molecule has 1 fully saturated rings. The van der Waals surface area contributed by atoms with Crippen LogP contribution in [0.1, 0.15) is 33.1 Å². The number of piperidine rings is 1. The fraction of sp³-hybridized carbons (Fsp3) is 0.917. The summed E-state index contributed by atoms with van der Waals surface area (Å²) in [6.07, 6.45) is 3.37. The van der Waals surface area contributed by atoms with Gasteiger partial charge in [-0.1, -0.05) is 20.3 Å². The Morgan fingerprint density at radius 1 is 1.42 bits per heavy atom. The van der Waals surface area contributed by atoms with E-state index < -0.39 is 16.1 Å². The highest BCUT2D eigenvalue weighted by atomic mass is 32.2. The van der Waals surface area contributed by atoms with E-state index in [4.69, 9.17) is 5.73 Å². The molecule has 112 valence electrons. The zero-order valence-electron chi connectivity index (χ0n) is 11.9. The Hall–Kier alpha value is -0.660. The number of rotatable bonds is 5. The third kappa shape index (κ3) is 4.74. The average Bonchev–Trinajstić information content (AvgIpc) is 2.36. The van der Waals surface area contributed by atoms with Gasteiger partial charge in [-0.15, -0.1) is 0 Å². The predicted octanol–water partition coefficient (Wildman–Crippen LogP) is -0.1000. The molecule has 7 heteroatoms. The summed E-state index contributed by atoms with van der Waals surface area (Å²) in [5.41, 5.74) is 5.87. The number of nitrogens with zero attached hydrogens (tertiary/aromatic N) is 1. The van der Waals surface area contributed by atoms with Crippen molar-refractivity contribution in [2.75, 3.05) is 19.3 Å². The van der Waals surface area contributed by atoms with E-state index in [1.165, 1.54) is 10.6 Å². The lowest BCUT2D eigenvalue weighted by Crippen LogP contribution is -2.51. The Labute approximate surface area is 115 Å². The summed E-state index contributed by atoms with van der Waals surface area (Å²) >= 11 is 0. The number of sulfonamides is 1. The SMILES string of the molecule is CC[C@H](C)[C@H](N)C(=O)NC1CCN(S(C)(=O)=O)CC1. The van der Waals surface area contributed by atoms with Crippen molar-refractivity contribution in [3.8, 4) is 0 Å². The highest BCUT2D eigenvalue weighted by molar-refractivity contribution is 7.88. The molecule has 1 heterocycles. The van der Waals surface area contributed by atoms with E-state index in [2.05, 4.69) is 5.32 Å². The van der Waals surface area contributed by atoms with Gasteiger partial charge < -0.3 is 11.1 Å². The second-order valence-electron chi connectivity index (χ2n) is 5.36. The van der Waals surface area contributed by atoms with Crippen molar-refractivity contribution in [3.05, 3.63) is 0 Å². The molecule has 1 saturated heterocycles. The van der Waals surface area contributed by atoms with Crippen LogP contribution in [0, 0.1) is 5.92 Å².